The molecule has 0 radical (unpaired) electrons. The van der Waals surface area contributed by atoms with Crippen LogP contribution in [0.5, 0.6) is 11.5 Å². The van der Waals surface area contributed by atoms with Crippen molar-refractivity contribution in [1.82, 2.24) is 0 Å². The summed E-state index contributed by atoms with van der Waals surface area (Å²) in [5.74, 6) is 1.17. The number of hydrogen-bond acceptors (Lipinski definition) is 4. The quantitative estimate of drug-likeness (QED) is 0.782. The van der Waals surface area contributed by atoms with Crippen molar-refractivity contribution < 1.29 is 17.9 Å². The normalized spacial score (nSPS) is 16.4. The molecule has 0 aliphatic carbocycles. The van der Waals surface area contributed by atoms with Gasteiger partial charge in [-0.15, -0.1) is 0 Å². The van der Waals surface area contributed by atoms with Gasteiger partial charge in [0.2, 0.25) is 0 Å². The molecule has 1 atom stereocenters. The molecule has 0 saturated carbocycles. The zero-order valence-corrected chi connectivity index (χ0v) is 12.8. The van der Waals surface area contributed by atoms with Crippen molar-refractivity contribution in [2.75, 3.05) is 25.2 Å². The van der Waals surface area contributed by atoms with Gasteiger partial charge in [0.15, 0.2) is 11.5 Å². The van der Waals surface area contributed by atoms with Crippen LogP contribution in [0.25, 0.3) is 0 Å². The summed E-state index contributed by atoms with van der Waals surface area (Å²) >= 11 is 9.47. The number of rotatable bonds is 3. The fraction of sp³-hybridized carbons (Fsp3) is 0.455. The summed E-state index contributed by atoms with van der Waals surface area (Å²) in [5, 5.41) is 0.463. The highest BCUT2D eigenvalue weighted by molar-refractivity contribution is 9.09. The molecule has 1 unspecified atom stereocenters. The minimum absolute atomic E-state index is 0.0215. The van der Waals surface area contributed by atoms with E-state index in [2.05, 4.69) is 15.9 Å². The lowest BCUT2D eigenvalue weighted by Gasteiger charge is -2.21. The molecular weight excluding hydrogens is 344 g/mol. The fourth-order valence-electron chi connectivity index (χ4n) is 1.68. The maximum Gasteiger partial charge on any atom is 0.162 e. The predicted molar refractivity (Wildman–Crippen MR) is 73.8 cm³/mol. The van der Waals surface area contributed by atoms with Crippen molar-refractivity contribution in [2.24, 2.45) is 0 Å². The summed E-state index contributed by atoms with van der Waals surface area (Å²) in [6.07, 6.45) is 1.19. The Hall–Kier alpha value is -0.460. The third kappa shape index (κ3) is 3.30. The molecule has 1 heterocycles. The number of alkyl halides is 1. The molecule has 1 aliphatic rings. The van der Waals surface area contributed by atoms with E-state index < -0.39 is 9.84 Å². The van der Waals surface area contributed by atoms with Crippen LogP contribution < -0.4 is 9.47 Å². The number of sulfone groups is 1. The zero-order valence-electron chi connectivity index (χ0n) is 9.65. The topological polar surface area (TPSA) is 52.6 Å². The van der Waals surface area contributed by atoms with E-state index in [9.17, 15) is 8.42 Å². The first-order valence-electron chi connectivity index (χ1n) is 5.27. The monoisotopic (exact) mass is 354 g/mol. The molecule has 0 N–H and O–H groups in total. The highest BCUT2D eigenvalue weighted by Crippen LogP contribution is 2.40. The molecule has 2 rings (SSSR count). The minimum atomic E-state index is -3.09. The van der Waals surface area contributed by atoms with E-state index in [0.29, 0.717) is 35.3 Å². The molecule has 0 fully saturated rings. The first kappa shape index (κ1) is 14.0. The van der Waals surface area contributed by atoms with Crippen molar-refractivity contribution in [3.05, 3.63) is 22.7 Å². The predicted octanol–water partition coefficient (Wildman–Crippen LogP) is 2.59. The standard InChI is InChI=1S/C11H12BrClO4S/c1-18(14,15)6-8(12)7-4-10-11(5-9(7)13)17-3-2-16-10/h4-5,8H,2-3,6H2,1H3. The van der Waals surface area contributed by atoms with Crippen LogP contribution in [0, 0.1) is 0 Å². The van der Waals surface area contributed by atoms with E-state index in [0.717, 1.165) is 0 Å². The van der Waals surface area contributed by atoms with Crippen LogP contribution >= 0.6 is 27.5 Å². The van der Waals surface area contributed by atoms with Gasteiger partial charge in [0.25, 0.3) is 0 Å². The highest BCUT2D eigenvalue weighted by atomic mass is 79.9. The van der Waals surface area contributed by atoms with E-state index in [-0.39, 0.29) is 10.6 Å². The van der Waals surface area contributed by atoms with Crippen LogP contribution in [0.15, 0.2) is 12.1 Å². The smallest absolute Gasteiger partial charge is 0.162 e. The SMILES string of the molecule is CS(=O)(=O)CC(Br)c1cc2c(cc1Cl)OCCO2. The fourth-order valence-corrected chi connectivity index (χ4v) is 4.62. The van der Waals surface area contributed by atoms with Crippen molar-refractivity contribution >= 4 is 37.4 Å². The Bertz CT molecular complexity index is 558. The molecule has 100 valence electrons. The van der Waals surface area contributed by atoms with Crippen LogP contribution in [0.1, 0.15) is 10.4 Å². The molecular formula is C11H12BrClO4S. The average Bonchev–Trinajstić information content (AvgIpc) is 2.25. The van der Waals surface area contributed by atoms with Gasteiger partial charge in [-0.05, 0) is 11.6 Å². The van der Waals surface area contributed by atoms with Crippen molar-refractivity contribution in [1.29, 1.82) is 0 Å². The maximum absolute atomic E-state index is 11.3. The molecule has 0 saturated heterocycles. The number of halogens is 2. The Kier molecular flexibility index (Phi) is 4.08. The van der Waals surface area contributed by atoms with Gasteiger partial charge in [0.05, 0.1) is 10.6 Å². The number of hydrogen-bond donors (Lipinski definition) is 0. The Labute approximate surface area is 119 Å². The lowest BCUT2D eigenvalue weighted by Crippen LogP contribution is -2.16. The van der Waals surface area contributed by atoms with Gasteiger partial charge in [-0.2, -0.15) is 0 Å². The van der Waals surface area contributed by atoms with Crippen molar-refractivity contribution in [3.63, 3.8) is 0 Å². The van der Waals surface area contributed by atoms with Gasteiger partial charge in [-0.1, -0.05) is 27.5 Å². The Morgan fingerprint density at radius 3 is 2.44 bits per heavy atom. The summed E-state index contributed by atoms with van der Waals surface area (Å²) in [6, 6.07) is 3.38. The maximum atomic E-state index is 11.3. The first-order chi connectivity index (χ1) is 8.37. The molecule has 1 aromatic rings. The lowest BCUT2D eigenvalue weighted by atomic mass is 10.1. The summed E-state index contributed by atoms with van der Waals surface area (Å²) in [5.41, 5.74) is 0.686. The van der Waals surface area contributed by atoms with Gasteiger partial charge in [-0.3, -0.25) is 0 Å². The Morgan fingerprint density at radius 2 is 1.89 bits per heavy atom. The third-order valence-corrected chi connectivity index (χ3v) is 4.96. The minimum Gasteiger partial charge on any atom is -0.486 e. The van der Waals surface area contributed by atoms with E-state index in [1.54, 1.807) is 12.1 Å². The molecule has 1 aliphatic heterocycles. The van der Waals surface area contributed by atoms with Gasteiger partial charge >= 0.3 is 0 Å². The van der Waals surface area contributed by atoms with Crippen molar-refractivity contribution in [2.45, 2.75) is 4.83 Å². The number of ether oxygens (including phenoxy) is 2. The molecule has 0 aromatic heterocycles. The third-order valence-electron chi connectivity index (χ3n) is 2.45. The average molecular weight is 356 g/mol. The van der Waals surface area contributed by atoms with Crippen LogP contribution in [-0.4, -0.2) is 33.6 Å². The Morgan fingerprint density at radius 1 is 1.33 bits per heavy atom. The van der Waals surface area contributed by atoms with Gasteiger partial charge in [0.1, 0.15) is 23.1 Å². The zero-order chi connectivity index (χ0) is 13.3. The second-order valence-electron chi connectivity index (χ2n) is 4.08. The van der Waals surface area contributed by atoms with Crippen LogP contribution in [-0.2, 0) is 9.84 Å². The van der Waals surface area contributed by atoms with Gasteiger partial charge in [-0.25, -0.2) is 8.42 Å². The summed E-state index contributed by atoms with van der Waals surface area (Å²) in [6.45, 7) is 0.969. The van der Waals surface area contributed by atoms with Gasteiger partial charge < -0.3 is 9.47 Å². The molecule has 0 spiro atoms. The number of benzene rings is 1. The number of fused-ring (bicyclic) bond motifs is 1. The van der Waals surface area contributed by atoms with Crippen LogP contribution in [0.3, 0.4) is 0 Å². The molecule has 7 heteroatoms. The molecule has 4 nitrogen and oxygen atoms in total. The van der Waals surface area contributed by atoms with E-state index in [4.69, 9.17) is 21.1 Å². The molecule has 1 aromatic carbocycles. The highest BCUT2D eigenvalue weighted by Gasteiger charge is 2.21. The summed E-state index contributed by atoms with van der Waals surface area (Å²) in [7, 11) is -3.09. The van der Waals surface area contributed by atoms with Gasteiger partial charge in [0, 0.05) is 17.3 Å². The molecule has 0 amide bonds. The molecule has 18 heavy (non-hydrogen) atoms. The van der Waals surface area contributed by atoms with Crippen LogP contribution in [0.2, 0.25) is 5.02 Å². The summed E-state index contributed by atoms with van der Waals surface area (Å²) < 4.78 is 33.4. The second kappa shape index (κ2) is 5.27. The van der Waals surface area contributed by atoms with E-state index in [1.165, 1.54) is 6.26 Å². The Balaban J connectivity index is 2.33. The van der Waals surface area contributed by atoms with E-state index >= 15 is 0 Å². The lowest BCUT2D eigenvalue weighted by molar-refractivity contribution is 0.171. The van der Waals surface area contributed by atoms with Crippen molar-refractivity contribution in [3.8, 4) is 11.5 Å². The second-order valence-corrected chi connectivity index (χ2v) is 7.77. The molecule has 0 bridgehead atoms. The van der Waals surface area contributed by atoms with E-state index in [1.807, 2.05) is 0 Å². The van der Waals surface area contributed by atoms with Crippen LogP contribution in [0.4, 0.5) is 0 Å². The first-order valence-corrected chi connectivity index (χ1v) is 8.63. The summed E-state index contributed by atoms with van der Waals surface area (Å²) in [4.78, 5) is -0.365. The largest absolute Gasteiger partial charge is 0.486 e.